The number of hydrogen-bond acceptors (Lipinski definition) is 4. The SMILES string of the molecule is Cn1cccc1C(=O)CSc1nc2ccccc2c2nc3ccccc3n12. The molecule has 0 radical (unpaired) electrons. The van der Waals surface area contributed by atoms with Gasteiger partial charge in [0.05, 0.1) is 28.0 Å². The molecule has 0 bridgehead atoms. The molecule has 132 valence electrons. The van der Waals surface area contributed by atoms with E-state index in [0.29, 0.717) is 11.4 Å². The maximum absolute atomic E-state index is 12.6. The zero-order chi connectivity index (χ0) is 18.4. The maximum atomic E-state index is 12.6. The first-order valence-corrected chi connectivity index (χ1v) is 9.64. The molecule has 0 spiro atoms. The molecule has 6 heteroatoms. The number of carbonyl (C=O) groups is 1. The number of imidazole rings is 1. The summed E-state index contributed by atoms with van der Waals surface area (Å²) in [5.74, 6) is 0.408. The molecule has 5 nitrogen and oxygen atoms in total. The maximum Gasteiger partial charge on any atom is 0.189 e. The molecule has 5 aromatic rings. The minimum Gasteiger partial charge on any atom is -0.348 e. The Labute approximate surface area is 159 Å². The van der Waals surface area contributed by atoms with Gasteiger partial charge in [0.15, 0.2) is 10.9 Å². The summed E-state index contributed by atoms with van der Waals surface area (Å²) in [5.41, 5.74) is 4.38. The third-order valence-electron chi connectivity index (χ3n) is 4.67. The summed E-state index contributed by atoms with van der Waals surface area (Å²) in [5, 5.41) is 1.78. The molecule has 0 amide bonds. The first-order valence-electron chi connectivity index (χ1n) is 8.65. The van der Waals surface area contributed by atoms with Crippen LogP contribution in [-0.2, 0) is 7.05 Å². The fourth-order valence-electron chi connectivity index (χ4n) is 3.37. The van der Waals surface area contributed by atoms with Crippen molar-refractivity contribution >= 4 is 45.1 Å². The zero-order valence-electron chi connectivity index (χ0n) is 14.7. The lowest BCUT2D eigenvalue weighted by atomic mass is 10.2. The quantitative estimate of drug-likeness (QED) is 0.267. The summed E-state index contributed by atoms with van der Waals surface area (Å²) in [6.07, 6.45) is 1.88. The van der Waals surface area contributed by atoms with E-state index in [1.807, 2.05) is 78.5 Å². The lowest BCUT2D eigenvalue weighted by Gasteiger charge is -2.08. The number of aromatic nitrogens is 4. The second-order valence-corrected chi connectivity index (χ2v) is 7.33. The predicted octanol–water partition coefficient (Wildman–Crippen LogP) is 4.35. The smallest absolute Gasteiger partial charge is 0.189 e. The van der Waals surface area contributed by atoms with Crippen LogP contribution in [0.2, 0.25) is 0 Å². The summed E-state index contributed by atoms with van der Waals surface area (Å²) < 4.78 is 3.90. The van der Waals surface area contributed by atoms with E-state index in [2.05, 4.69) is 4.40 Å². The third-order valence-corrected chi connectivity index (χ3v) is 5.61. The molecule has 0 aliphatic heterocycles. The topological polar surface area (TPSA) is 52.2 Å². The van der Waals surface area contributed by atoms with E-state index in [4.69, 9.17) is 9.97 Å². The second-order valence-electron chi connectivity index (χ2n) is 6.39. The van der Waals surface area contributed by atoms with Gasteiger partial charge >= 0.3 is 0 Å². The molecule has 0 fully saturated rings. The average molecular weight is 372 g/mol. The van der Waals surface area contributed by atoms with Gasteiger partial charge < -0.3 is 4.57 Å². The molecule has 0 unspecified atom stereocenters. The molecule has 0 saturated carbocycles. The molecule has 0 saturated heterocycles. The van der Waals surface area contributed by atoms with Crippen LogP contribution in [0.4, 0.5) is 0 Å². The van der Waals surface area contributed by atoms with Gasteiger partial charge in [0.1, 0.15) is 5.65 Å². The lowest BCUT2D eigenvalue weighted by Crippen LogP contribution is -2.08. The summed E-state index contributed by atoms with van der Waals surface area (Å²) in [6, 6.07) is 19.7. The third kappa shape index (κ3) is 2.61. The molecule has 0 N–H and O–H groups in total. The van der Waals surface area contributed by atoms with E-state index < -0.39 is 0 Å². The zero-order valence-corrected chi connectivity index (χ0v) is 15.5. The number of thioether (sulfide) groups is 1. The van der Waals surface area contributed by atoms with E-state index in [-0.39, 0.29) is 5.78 Å². The van der Waals surface area contributed by atoms with E-state index in [9.17, 15) is 4.79 Å². The number of fused-ring (bicyclic) bond motifs is 5. The Morgan fingerprint density at radius 3 is 2.56 bits per heavy atom. The van der Waals surface area contributed by atoms with Crippen LogP contribution in [-0.4, -0.2) is 30.5 Å². The van der Waals surface area contributed by atoms with Crippen molar-refractivity contribution in [1.82, 2.24) is 18.9 Å². The Bertz CT molecular complexity index is 1320. The Hall–Kier alpha value is -3.12. The first kappa shape index (κ1) is 16.1. The van der Waals surface area contributed by atoms with Gasteiger partial charge in [-0.1, -0.05) is 36.0 Å². The van der Waals surface area contributed by atoms with Crippen molar-refractivity contribution in [2.45, 2.75) is 5.16 Å². The highest BCUT2D eigenvalue weighted by atomic mass is 32.2. The van der Waals surface area contributed by atoms with Crippen LogP contribution in [0.1, 0.15) is 10.5 Å². The van der Waals surface area contributed by atoms with Crippen LogP contribution in [0.3, 0.4) is 0 Å². The standard InChI is InChI=1S/C21H16N4OS/c1-24-12-6-11-18(24)19(26)13-27-21-23-15-8-3-2-7-14(15)20-22-16-9-4-5-10-17(16)25(20)21/h2-12H,13H2,1H3. The van der Waals surface area contributed by atoms with Gasteiger partial charge in [0, 0.05) is 18.6 Å². The van der Waals surface area contributed by atoms with Crippen LogP contribution in [0.15, 0.2) is 72.0 Å². The van der Waals surface area contributed by atoms with Gasteiger partial charge in [-0.25, -0.2) is 9.97 Å². The van der Waals surface area contributed by atoms with E-state index in [1.165, 1.54) is 11.8 Å². The summed E-state index contributed by atoms with van der Waals surface area (Å²) in [4.78, 5) is 22.3. The molecular formula is C21H16N4OS. The van der Waals surface area contributed by atoms with Gasteiger partial charge in [0.25, 0.3) is 0 Å². The summed E-state index contributed by atoms with van der Waals surface area (Å²) in [6.45, 7) is 0. The number of ketones is 1. The van der Waals surface area contributed by atoms with Crippen LogP contribution in [0, 0.1) is 0 Å². The van der Waals surface area contributed by atoms with Crippen molar-refractivity contribution < 1.29 is 4.79 Å². The van der Waals surface area contributed by atoms with Crippen LogP contribution >= 0.6 is 11.8 Å². The minimum atomic E-state index is 0.0834. The number of hydrogen-bond donors (Lipinski definition) is 0. The van der Waals surface area contributed by atoms with Crippen LogP contribution in [0.5, 0.6) is 0 Å². The number of Topliss-reactive ketones (excluding diaryl/α,β-unsaturated/α-hetero) is 1. The molecule has 0 atom stereocenters. The van der Waals surface area contributed by atoms with Gasteiger partial charge in [0.2, 0.25) is 0 Å². The number of rotatable bonds is 4. The number of para-hydroxylation sites is 3. The van der Waals surface area contributed by atoms with E-state index >= 15 is 0 Å². The van der Waals surface area contributed by atoms with Crippen molar-refractivity contribution in [3.8, 4) is 0 Å². The molecule has 3 heterocycles. The second kappa shape index (κ2) is 6.25. The Balaban J connectivity index is 1.66. The highest BCUT2D eigenvalue weighted by Crippen LogP contribution is 2.29. The van der Waals surface area contributed by atoms with Gasteiger partial charge in [-0.05, 0) is 36.4 Å². The van der Waals surface area contributed by atoms with Gasteiger partial charge in [-0.2, -0.15) is 0 Å². The van der Waals surface area contributed by atoms with E-state index in [1.54, 1.807) is 0 Å². The normalized spacial score (nSPS) is 11.6. The molecular weight excluding hydrogens is 356 g/mol. The number of carbonyl (C=O) groups excluding carboxylic acids is 1. The largest absolute Gasteiger partial charge is 0.348 e. The fraction of sp³-hybridized carbons (Fsp3) is 0.0952. The van der Waals surface area contributed by atoms with Crippen molar-refractivity contribution in [3.05, 3.63) is 72.6 Å². The molecule has 0 aliphatic carbocycles. The highest BCUT2D eigenvalue weighted by molar-refractivity contribution is 7.99. The van der Waals surface area contributed by atoms with E-state index in [0.717, 1.165) is 32.7 Å². The Morgan fingerprint density at radius 1 is 0.963 bits per heavy atom. The van der Waals surface area contributed by atoms with Crippen molar-refractivity contribution in [3.63, 3.8) is 0 Å². The van der Waals surface area contributed by atoms with Gasteiger partial charge in [-0.3, -0.25) is 9.20 Å². The molecule has 27 heavy (non-hydrogen) atoms. The Morgan fingerprint density at radius 2 is 1.74 bits per heavy atom. The molecule has 0 aliphatic rings. The number of aryl methyl sites for hydroxylation is 1. The molecule has 3 aromatic heterocycles. The first-order chi connectivity index (χ1) is 13.2. The van der Waals surface area contributed by atoms with Crippen molar-refractivity contribution in [2.24, 2.45) is 7.05 Å². The monoisotopic (exact) mass is 372 g/mol. The highest BCUT2D eigenvalue weighted by Gasteiger charge is 2.16. The molecule has 2 aromatic carbocycles. The fourth-order valence-corrected chi connectivity index (χ4v) is 4.25. The van der Waals surface area contributed by atoms with Crippen LogP contribution < -0.4 is 0 Å². The average Bonchev–Trinajstić information content (AvgIpc) is 3.29. The summed E-state index contributed by atoms with van der Waals surface area (Å²) >= 11 is 1.45. The predicted molar refractivity (Wildman–Crippen MR) is 108 cm³/mol. The Kier molecular flexibility index (Phi) is 3.72. The number of nitrogens with zero attached hydrogens (tertiary/aromatic N) is 4. The lowest BCUT2D eigenvalue weighted by molar-refractivity contribution is 0.101. The van der Waals surface area contributed by atoms with Crippen LogP contribution in [0.25, 0.3) is 27.6 Å². The van der Waals surface area contributed by atoms with Gasteiger partial charge in [-0.15, -0.1) is 0 Å². The van der Waals surface area contributed by atoms with Crippen molar-refractivity contribution in [2.75, 3.05) is 5.75 Å². The number of benzene rings is 2. The summed E-state index contributed by atoms with van der Waals surface area (Å²) in [7, 11) is 1.88. The minimum absolute atomic E-state index is 0.0834. The van der Waals surface area contributed by atoms with Crippen molar-refractivity contribution in [1.29, 1.82) is 0 Å². The molecule has 5 rings (SSSR count).